The Morgan fingerprint density at radius 1 is 1.42 bits per heavy atom. The van der Waals surface area contributed by atoms with Crippen molar-refractivity contribution in [1.82, 2.24) is 10.2 Å². The van der Waals surface area contributed by atoms with E-state index in [1.807, 2.05) is 32.0 Å². The largest absolute Gasteiger partial charge is 0.360 e. The number of nitrogens with zero attached hydrogens (tertiary/aromatic N) is 2. The minimum absolute atomic E-state index is 0.247. The van der Waals surface area contributed by atoms with Gasteiger partial charge >= 0.3 is 0 Å². The molecule has 0 fully saturated rings. The van der Waals surface area contributed by atoms with E-state index in [1.165, 1.54) is 11.3 Å². The molecule has 0 spiro atoms. The van der Waals surface area contributed by atoms with Crippen molar-refractivity contribution < 1.29 is 4.79 Å². The Bertz CT molecular complexity index is 599. The monoisotopic (exact) mass is 340 g/mol. The van der Waals surface area contributed by atoms with Gasteiger partial charge in [0.15, 0.2) is 0 Å². The third-order valence-electron chi connectivity index (χ3n) is 2.36. The average molecular weight is 341 g/mol. The number of carbonyl (C=O) groups is 1. The second kappa shape index (κ2) is 6.12. The first-order valence-corrected chi connectivity index (χ1v) is 7.36. The van der Waals surface area contributed by atoms with Gasteiger partial charge in [0.25, 0.3) is 5.91 Å². The third-order valence-corrected chi connectivity index (χ3v) is 4.13. The van der Waals surface area contributed by atoms with Gasteiger partial charge in [0.1, 0.15) is 0 Å². The molecule has 1 amide bonds. The van der Waals surface area contributed by atoms with Gasteiger partial charge in [0.2, 0.25) is 10.1 Å². The Hall–Kier alpha value is -1.47. The Morgan fingerprint density at radius 3 is 2.89 bits per heavy atom. The van der Waals surface area contributed by atoms with Crippen LogP contribution in [0.2, 0.25) is 0 Å². The molecule has 0 saturated carbocycles. The zero-order valence-electron chi connectivity index (χ0n) is 10.5. The maximum atomic E-state index is 12.0. The number of aromatic nitrogens is 2. The Kier molecular flexibility index (Phi) is 4.49. The van der Waals surface area contributed by atoms with Crippen molar-refractivity contribution in [3.05, 3.63) is 33.2 Å². The number of nitrogens with one attached hydrogen (secondary N) is 2. The van der Waals surface area contributed by atoms with E-state index in [4.69, 9.17) is 0 Å². The topological polar surface area (TPSA) is 66.9 Å². The molecular formula is C12H13BrN4OS. The van der Waals surface area contributed by atoms with Crippen LogP contribution in [-0.2, 0) is 0 Å². The highest BCUT2D eigenvalue weighted by Gasteiger charge is 2.13. The van der Waals surface area contributed by atoms with Crippen LogP contribution in [0.4, 0.5) is 10.8 Å². The summed E-state index contributed by atoms with van der Waals surface area (Å²) in [5, 5.41) is 14.6. The van der Waals surface area contributed by atoms with Gasteiger partial charge in [0.05, 0.1) is 0 Å². The molecule has 2 rings (SSSR count). The van der Waals surface area contributed by atoms with Crippen LogP contribution in [0.15, 0.2) is 22.7 Å². The lowest BCUT2D eigenvalue weighted by Gasteiger charge is -2.04. The Labute approximate surface area is 123 Å². The molecule has 0 bridgehead atoms. The number of rotatable bonds is 4. The molecule has 1 heterocycles. The summed E-state index contributed by atoms with van der Waals surface area (Å²) in [6.07, 6.45) is 0. The minimum Gasteiger partial charge on any atom is -0.360 e. The van der Waals surface area contributed by atoms with Gasteiger partial charge in [-0.3, -0.25) is 4.79 Å². The van der Waals surface area contributed by atoms with Crippen LogP contribution in [0.1, 0.15) is 22.3 Å². The van der Waals surface area contributed by atoms with Crippen LogP contribution in [0, 0.1) is 6.92 Å². The number of aryl methyl sites for hydroxylation is 1. The highest BCUT2D eigenvalue weighted by atomic mass is 79.9. The maximum Gasteiger partial charge on any atom is 0.286 e. The highest BCUT2D eigenvalue weighted by molar-refractivity contribution is 9.10. The van der Waals surface area contributed by atoms with E-state index >= 15 is 0 Å². The molecular weight excluding hydrogens is 328 g/mol. The average Bonchev–Trinajstić information content (AvgIpc) is 2.83. The standard InChI is InChI=1S/C12H13BrN4OS/c1-3-14-12-17-16-11(19-12)10(18)15-8-4-5-9(13)7(2)6-8/h4-6H,3H2,1-2H3,(H,14,17)(H,15,18). The van der Waals surface area contributed by atoms with Crippen molar-refractivity contribution in [3.63, 3.8) is 0 Å². The summed E-state index contributed by atoms with van der Waals surface area (Å²) in [7, 11) is 0. The Morgan fingerprint density at radius 2 is 2.21 bits per heavy atom. The fraction of sp³-hybridized carbons (Fsp3) is 0.250. The molecule has 2 aromatic rings. The lowest BCUT2D eigenvalue weighted by molar-refractivity contribution is 0.102. The second-order valence-corrected chi connectivity index (χ2v) is 5.69. The molecule has 5 nitrogen and oxygen atoms in total. The van der Waals surface area contributed by atoms with Crippen LogP contribution in [-0.4, -0.2) is 22.6 Å². The van der Waals surface area contributed by atoms with Crippen molar-refractivity contribution in [1.29, 1.82) is 0 Å². The van der Waals surface area contributed by atoms with Crippen molar-refractivity contribution in [2.45, 2.75) is 13.8 Å². The van der Waals surface area contributed by atoms with Crippen molar-refractivity contribution in [3.8, 4) is 0 Å². The summed E-state index contributed by atoms with van der Waals surface area (Å²) in [5.74, 6) is -0.247. The molecule has 2 N–H and O–H groups in total. The van der Waals surface area contributed by atoms with E-state index in [2.05, 4.69) is 36.8 Å². The smallest absolute Gasteiger partial charge is 0.286 e. The zero-order valence-corrected chi connectivity index (χ0v) is 12.9. The summed E-state index contributed by atoms with van der Waals surface area (Å²) in [6, 6.07) is 5.63. The SMILES string of the molecule is CCNc1nnc(C(=O)Nc2ccc(Br)c(C)c2)s1. The van der Waals surface area contributed by atoms with Gasteiger partial charge in [-0.15, -0.1) is 10.2 Å². The van der Waals surface area contributed by atoms with Gasteiger partial charge in [-0.25, -0.2) is 0 Å². The molecule has 0 aliphatic heterocycles. The summed E-state index contributed by atoms with van der Waals surface area (Å²) < 4.78 is 1.01. The van der Waals surface area contributed by atoms with Gasteiger partial charge in [0, 0.05) is 16.7 Å². The molecule has 19 heavy (non-hydrogen) atoms. The number of halogens is 1. The van der Waals surface area contributed by atoms with Gasteiger partial charge < -0.3 is 10.6 Å². The Balaban J connectivity index is 2.09. The second-order valence-electron chi connectivity index (χ2n) is 3.86. The van der Waals surface area contributed by atoms with Crippen molar-refractivity contribution in [2.75, 3.05) is 17.2 Å². The van der Waals surface area contributed by atoms with Crippen LogP contribution < -0.4 is 10.6 Å². The molecule has 100 valence electrons. The lowest BCUT2D eigenvalue weighted by atomic mass is 10.2. The normalized spacial score (nSPS) is 10.3. The van der Waals surface area contributed by atoms with Crippen molar-refractivity contribution >= 4 is 44.0 Å². The van der Waals surface area contributed by atoms with E-state index in [0.29, 0.717) is 10.1 Å². The number of hydrogen-bond donors (Lipinski definition) is 2. The molecule has 7 heteroatoms. The van der Waals surface area contributed by atoms with E-state index in [1.54, 1.807) is 0 Å². The third kappa shape index (κ3) is 3.51. The van der Waals surface area contributed by atoms with Crippen LogP contribution >= 0.6 is 27.3 Å². The number of anilines is 2. The molecule has 1 aromatic carbocycles. The quantitative estimate of drug-likeness (QED) is 0.896. The summed E-state index contributed by atoms with van der Waals surface area (Å²) in [5.41, 5.74) is 1.80. The first-order chi connectivity index (χ1) is 9.10. The molecule has 0 atom stereocenters. The predicted octanol–water partition coefficient (Wildman–Crippen LogP) is 3.29. The van der Waals surface area contributed by atoms with Gasteiger partial charge in [-0.1, -0.05) is 27.3 Å². The molecule has 0 saturated heterocycles. The summed E-state index contributed by atoms with van der Waals surface area (Å²) in [4.78, 5) is 12.0. The van der Waals surface area contributed by atoms with Gasteiger partial charge in [-0.2, -0.15) is 0 Å². The maximum absolute atomic E-state index is 12.0. The van der Waals surface area contributed by atoms with E-state index in [0.717, 1.165) is 22.3 Å². The van der Waals surface area contributed by atoms with Crippen LogP contribution in [0.3, 0.4) is 0 Å². The van der Waals surface area contributed by atoms with Gasteiger partial charge in [-0.05, 0) is 37.6 Å². The van der Waals surface area contributed by atoms with E-state index in [9.17, 15) is 4.79 Å². The molecule has 0 aliphatic carbocycles. The number of carbonyl (C=O) groups excluding carboxylic acids is 1. The molecule has 0 radical (unpaired) electrons. The number of hydrogen-bond acceptors (Lipinski definition) is 5. The minimum atomic E-state index is -0.247. The first-order valence-electron chi connectivity index (χ1n) is 5.75. The van der Waals surface area contributed by atoms with E-state index in [-0.39, 0.29) is 5.91 Å². The van der Waals surface area contributed by atoms with E-state index < -0.39 is 0 Å². The summed E-state index contributed by atoms with van der Waals surface area (Å²) in [6.45, 7) is 4.68. The molecule has 0 aliphatic rings. The number of amides is 1. The zero-order chi connectivity index (χ0) is 13.8. The molecule has 1 aromatic heterocycles. The van der Waals surface area contributed by atoms with Crippen LogP contribution in [0.25, 0.3) is 0 Å². The predicted molar refractivity (Wildman–Crippen MR) is 80.9 cm³/mol. The number of benzene rings is 1. The fourth-order valence-electron chi connectivity index (χ4n) is 1.44. The fourth-order valence-corrected chi connectivity index (χ4v) is 2.40. The van der Waals surface area contributed by atoms with Crippen LogP contribution in [0.5, 0.6) is 0 Å². The lowest BCUT2D eigenvalue weighted by Crippen LogP contribution is -2.11. The highest BCUT2D eigenvalue weighted by Crippen LogP contribution is 2.21. The molecule has 0 unspecified atom stereocenters. The summed E-state index contributed by atoms with van der Waals surface area (Å²) >= 11 is 4.66. The van der Waals surface area contributed by atoms with Crippen molar-refractivity contribution in [2.24, 2.45) is 0 Å². The first kappa shape index (κ1) is 14.0.